The molecule has 2 nitrogen and oxygen atoms in total. The molecule has 9 aromatic rings. The van der Waals surface area contributed by atoms with E-state index in [1.165, 1.54) is 128 Å². The predicted octanol–water partition coefficient (Wildman–Crippen LogP) is 16.5. The van der Waals surface area contributed by atoms with Gasteiger partial charge in [0.1, 0.15) is 0 Å². The van der Waals surface area contributed by atoms with Gasteiger partial charge in [-0.1, -0.05) is 172 Å². The van der Waals surface area contributed by atoms with Gasteiger partial charge in [-0.25, -0.2) is 0 Å². The van der Waals surface area contributed by atoms with E-state index < -0.39 is 0 Å². The van der Waals surface area contributed by atoms with E-state index in [4.69, 9.17) is 0 Å². The van der Waals surface area contributed by atoms with E-state index in [-0.39, 0.29) is 28.5 Å². The number of rotatable bonds is 3. The number of fused-ring (bicyclic) bond motifs is 11. The number of anilines is 5. The fraction of sp³-hybridized carbons (Fsp3) is 0.258. The van der Waals surface area contributed by atoms with E-state index in [0.29, 0.717) is 0 Å². The highest BCUT2D eigenvalue weighted by Gasteiger charge is 2.48. The third kappa shape index (κ3) is 6.13. The van der Waals surface area contributed by atoms with Crippen LogP contribution in [0.25, 0.3) is 53.2 Å². The Morgan fingerprint density at radius 1 is 0.530 bits per heavy atom. The van der Waals surface area contributed by atoms with Crippen LogP contribution in [0.1, 0.15) is 104 Å². The first-order valence-corrected chi connectivity index (χ1v) is 24.9. The zero-order chi connectivity index (χ0) is 45.7. The van der Waals surface area contributed by atoms with Gasteiger partial charge >= 0.3 is 6.85 Å². The van der Waals surface area contributed by atoms with E-state index in [9.17, 15) is 0 Å². The summed E-state index contributed by atoms with van der Waals surface area (Å²) in [4.78, 5) is 5.44. The smallest absolute Gasteiger partial charge is 0.333 e. The second kappa shape index (κ2) is 14.2. The average molecular weight is 875 g/mol. The molecule has 0 fully saturated rings. The molecule has 3 aliphatic rings. The van der Waals surface area contributed by atoms with E-state index in [2.05, 4.69) is 231 Å². The SMILES string of the molecule is CC(C)(C)c1ccc(N2B3c4ccc5c(sc6ccccc65)c4N(c4ccc(C(C)(C)C)cc4-c4ccccc4)c4cc5ccccc5c(c43)-c3cc4c(cc32)C(C)(C)CCC4(C)C)cc1. The van der Waals surface area contributed by atoms with E-state index in [1.807, 2.05) is 11.3 Å². The molecule has 1 aliphatic carbocycles. The number of nitrogens with zero attached hydrogens (tertiary/aromatic N) is 2. The second-order valence-electron chi connectivity index (χ2n) is 22.8. The molecule has 2 aliphatic heterocycles. The van der Waals surface area contributed by atoms with Gasteiger partial charge in [-0.3, -0.25) is 0 Å². The van der Waals surface area contributed by atoms with Crippen LogP contribution in [0.4, 0.5) is 28.4 Å². The van der Waals surface area contributed by atoms with Crippen molar-refractivity contribution >= 4 is 88.5 Å². The highest BCUT2D eigenvalue weighted by molar-refractivity contribution is 7.26. The van der Waals surface area contributed by atoms with E-state index in [1.54, 1.807) is 0 Å². The highest BCUT2D eigenvalue weighted by Crippen LogP contribution is 2.56. The first-order chi connectivity index (χ1) is 31.5. The van der Waals surface area contributed by atoms with Gasteiger partial charge in [0.15, 0.2) is 0 Å². The summed E-state index contributed by atoms with van der Waals surface area (Å²) in [5.41, 5.74) is 19.9. The molecule has 0 amide bonds. The van der Waals surface area contributed by atoms with Crippen LogP contribution >= 0.6 is 11.3 Å². The first kappa shape index (κ1) is 41.3. The Morgan fingerprint density at radius 2 is 1.17 bits per heavy atom. The Balaban J connectivity index is 1.27. The maximum Gasteiger partial charge on any atom is 0.333 e. The summed E-state index contributed by atoms with van der Waals surface area (Å²) in [5.74, 6) is 0. The normalized spacial score (nSPS) is 16.1. The number of hydrogen-bond donors (Lipinski definition) is 0. The predicted molar refractivity (Wildman–Crippen MR) is 289 cm³/mol. The standard InChI is InChI=1S/C62H59BN2S/c1-59(2,3)40-24-27-42(28-25-40)65-52-37-49-48(61(7,8)32-33-62(49,9)10)36-47(52)55-43-21-15-14-20-39(43)34-53-56(55)63(65)50-30-29-45-44-22-16-17-23-54(44)66-58(45)57(50)64(53)51-31-26-41(60(4,5)6)35-46(51)38-18-12-11-13-19-38/h11-31,34-37H,32-33H2,1-10H3. The minimum absolute atomic E-state index is 0.0257. The van der Waals surface area contributed by atoms with Crippen molar-refractivity contribution in [1.29, 1.82) is 0 Å². The number of hydrogen-bond acceptors (Lipinski definition) is 3. The summed E-state index contributed by atoms with van der Waals surface area (Å²) in [7, 11) is 0. The van der Waals surface area contributed by atoms with Gasteiger partial charge in [-0.15, -0.1) is 11.3 Å². The molecular weight excluding hydrogens is 816 g/mol. The van der Waals surface area contributed by atoms with E-state index >= 15 is 0 Å². The Morgan fingerprint density at radius 3 is 1.88 bits per heavy atom. The Labute approximate surface area is 396 Å². The summed E-state index contributed by atoms with van der Waals surface area (Å²) < 4.78 is 2.65. The van der Waals surface area contributed by atoms with Crippen molar-refractivity contribution < 1.29 is 0 Å². The second-order valence-corrected chi connectivity index (χ2v) is 23.9. The number of thiophene rings is 1. The Hall–Kier alpha value is -6.10. The van der Waals surface area contributed by atoms with Crippen LogP contribution in [0.2, 0.25) is 0 Å². The summed E-state index contributed by atoms with van der Waals surface area (Å²) in [6.45, 7) is 23.8. The lowest BCUT2D eigenvalue weighted by atomic mass is 9.43. The van der Waals surface area contributed by atoms with Crippen LogP contribution in [0, 0.1) is 0 Å². The minimum atomic E-state index is -0.0970. The van der Waals surface area contributed by atoms with Gasteiger partial charge in [0.2, 0.25) is 0 Å². The van der Waals surface area contributed by atoms with Gasteiger partial charge in [-0.05, 0) is 138 Å². The average Bonchev–Trinajstić information content (AvgIpc) is 3.69. The monoisotopic (exact) mass is 874 g/mol. The fourth-order valence-electron chi connectivity index (χ4n) is 11.7. The molecule has 0 spiro atoms. The third-order valence-corrected chi connectivity index (χ3v) is 16.8. The van der Waals surface area contributed by atoms with Crippen LogP contribution < -0.4 is 20.6 Å². The zero-order valence-corrected chi connectivity index (χ0v) is 41.0. The van der Waals surface area contributed by atoms with Crippen molar-refractivity contribution in [3.05, 3.63) is 174 Å². The molecule has 3 heterocycles. The molecule has 0 radical (unpaired) electrons. The molecule has 0 bridgehead atoms. The number of benzene rings is 8. The molecule has 0 atom stereocenters. The van der Waals surface area contributed by atoms with Gasteiger partial charge in [0, 0.05) is 43.7 Å². The molecular formula is C62H59BN2S. The lowest BCUT2D eigenvalue weighted by Gasteiger charge is -2.48. The molecule has 0 saturated heterocycles. The van der Waals surface area contributed by atoms with Crippen molar-refractivity contribution in [2.24, 2.45) is 0 Å². The molecule has 326 valence electrons. The quantitative estimate of drug-likeness (QED) is 0.163. The molecule has 0 unspecified atom stereocenters. The van der Waals surface area contributed by atoms with E-state index in [0.717, 1.165) is 0 Å². The largest absolute Gasteiger partial charge is 0.376 e. The van der Waals surface area contributed by atoms with Crippen LogP contribution in [-0.2, 0) is 21.7 Å². The molecule has 12 rings (SSSR count). The van der Waals surface area contributed by atoms with Crippen molar-refractivity contribution in [3.8, 4) is 22.3 Å². The van der Waals surface area contributed by atoms with Crippen LogP contribution in [0.15, 0.2) is 152 Å². The lowest BCUT2D eigenvalue weighted by molar-refractivity contribution is 0.332. The zero-order valence-electron chi connectivity index (χ0n) is 40.2. The summed E-state index contributed by atoms with van der Waals surface area (Å²) >= 11 is 1.94. The lowest BCUT2D eigenvalue weighted by Crippen LogP contribution is -2.61. The fourth-order valence-corrected chi connectivity index (χ4v) is 13.0. The van der Waals surface area contributed by atoms with Crippen molar-refractivity contribution in [2.75, 3.05) is 9.71 Å². The van der Waals surface area contributed by atoms with Crippen LogP contribution in [0.3, 0.4) is 0 Å². The van der Waals surface area contributed by atoms with Gasteiger partial charge in [0.25, 0.3) is 0 Å². The molecule has 66 heavy (non-hydrogen) atoms. The highest BCUT2D eigenvalue weighted by atomic mass is 32.1. The van der Waals surface area contributed by atoms with Crippen molar-refractivity contribution in [3.63, 3.8) is 0 Å². The molecule has 0 N–H and O–H groups in total. The minimum Gasteiger partial charge on any atom is -0.376 e. The Kier molecular flexibility index (Phi) is 8.90. The topological polar surface area (TPSA) is 6.48 Å². The van der Waals surface area contributed by atoms with Gasteiger partial charge < -0.3 is 9.71 Å². The maximum absolute atomic E-state index is 2.75. The third-order valence-electron chi connectivity index (χ3n) is 15.6. The maximum atomic E-state index is 2.75. The summed E-state index contributed by atoms with van der Waals surface area (Å²) in [6, 6.07) is 58.9. The van der Waals surface area contributed by atoms with Gasteiger partial charge in [-0.2, -0.15) is 0 Å². The molecule has 4 heteroatoms. The molecule has 0 saturated carbocycles. The van der Waals surface area contributed by atoms with Crippen LogP contribution in [0.5, 0.6) is 0 Å². The van der Waals surface area contributed by atoms with Gasteiger partial charge in [0.05, 0.1) is 16.1 Å². The summed E-state index contributed by atoms with van der Waals surface area (Å²) in [5, 5.41) is 5.21. The molecule has 1 aromatic heterocycles. The van der Waals surface area contributed by atoms with Crippen LogP contribution in [-0.4, -0.2) is 6.85 Å². The van der Waals surface area contributed by atoms with Crippen molar-refractivity contribution in [2.45, 2.75) is 104 Å². The summed E-state index contributed by atoms with van der Waals surface area (Å²) in [6.07, 6.45) is 2.33. The van der Waals surface area contributed by atoms with Crippen molar-refractivity contribution in [1.82, 2.24) is 0 Å². The first-order valence-electron chi connectivity index (χ1n) is 24.1. The molecule has 8 aromatic carbocycles. The Bertz CT molecular complexity index is 3450.